The normalized spacial score (nSPS) is 15.0. The Labute approximate surface area is 244 Å². The first-order valence-corrected chi connectivity index (χ1v) is 14.3. The van der Waals surface area contributed by atoms with Gasteiger partial charge in [-0.05, 0) is 91.7 Å². The van der Waals surface area contributed by atoms with E-state index in [2.05, 4.69) is 5.32 Å². The molecular formula is C33H35F3N2O4. The zero-order chi connectivity index (χ0) is 29.5. The Bertz CT molecular complexity index is 1410. The number of nitrogens with one attached hydrogen (secondary N) is 1. The van der Waals surface area contributed by atoms with Crippen LogP contribution in [0.1, 0.15) is 36.8 Å². The summed E-state index contributed by atoms with van der Waals surface area (Å²) in [5.74, 6) is -2.53. The maximum absolute atomic E-state index is 13.8. The van der Waals surface area contributed by atoms with Crippen LogP contribution in [0.15, 0.2) is 66.2 Å². The van der Waals surface area contributed by atoms with Crippen molar-refractivity contribution in [3.05, 3.63) is 94.8 Å². The van der Waals surface area contributed by atoms with Crippen LogP contribution >= 0.6 is 0 Å². The Morgan fingerprint density at radius 2 is 1.62 bits per heavy atom. The van der Waals surface area contributed by atoms with Crippen LogP contribution in [0.3, 0.4) is 0 Å². The van der Waals surface area contributed by atoms with Gasteiger partial charge in [-0.1, -0.05) is 24.3 Å². The molecular weight excluding hydrogens is 545 g/mol. The van der Waals surface area contributed by atoms with Crippen molar-refractivity contribution in [2.45, 2.75) is 38.1 Å². The molecule has 0 atom stereocenters. The number of ether oxygens (including phenoxy) is 3. The Kier molecular flexibility index (Phi) is 9.69. The Balaban J connectivity index is 1.19. The number of carbonyl (C=O) groups excluding carboxylic acids is 1. The molecule has 1 saturated carbocycles. The van der Waals surface area contributed by atoms with E-state index in [-0.39, 0.29) is 18.6 Å². The van der Waals surface area contributed by atoms with Crippen LogP contribution in [0.2, 0.25) is 0 Å². The molecule has 42 heavy (non-hydrogen) atoms. The molecule has 0 aromatic heterocycles. The second-order valence-electron chi connectivity index (χ2n) is 10.5. The van der Waals surface area contributed by atoms with Crippen molar-refractivity contribution in [3.8, 4) is 17.2 Å². The molecule has 222 valence electrons. The first kappa shape index (κ1) is 29.5. The second-order valence-corrected chi connectivity index (χ2v) is 10.5. The highest BCUT2D eigenvalue weighted by Crippen LogP contribution is 2.32. The van der Waals surface area contributed by atoms with Crippen LogP contribution in [0, 0.1) is 17.5 Å². The summed E-state index contributed by atoms with van der Waals surface area (Å²) in [7, 11) is 1.62. The molecule has 3 aromatic carbocycles. The standard InChI is InChI=1S/C33H35F3N2O4/c1-40-25-10-12-26(13-11-25)41-20-18-38(24-8-9-24)33(39)28-21-37-17-16-27(28)23-6-4-22(5-7-23)3-2-19-42-32-30(35)15-14-29(34)31(32)36/h4-7,10-15,24,37H,2-3,8-9,16-21H2,1H3. The lowest BCUT2D eigenvalue weighted by molar-refractivity contribution is -0.128. The fourth-order valence-electron chi connectivity index (χ4n) is 5.11. The van der Waals surface area contributed by atoms with Gasteiger partial charge in [0, 0.05) is 18.2 Å². The van der Waals surface area contributed by atoms with Crippen LogP contribution in [0.5, 0.6) is 17.2 Å². The van der Waals surface area contributed by atoms with E-state index in [9.17, 15) is 18.0 Å². The number of rotatable bonds is 13. The molecule has 9 heteroatoms. The van der Waals surface area contributed by atoms with E-state index in [4.69, 9.17) is 14.2 Å². The molecule has 1 aliphatic heterocycles. The van der Waals surface area contributed by atoms with Gasteiger partial charge >= 0.3 is 0 Å². The third-order valence-corrected chi connectivity index (χ3v) is 7.55. The van der Waals surface area contributed by atoms with Crippen molar-refractivity contribution in [2.24, 2.45) is 0 Å². The molecule has 5 rings (SSSR count). The van der Waals surface area contributed by atoms with Crippen molar-refractivity contribution in [1.82, 2.24) is 10.2 Å². The molecule has 1 amide bonds. The highest BCUT2D eigenvalue weighted by Gasteiger charge is 2.35. The number of methoxy groups -OCH3 is 1. The Morgan fingerprint density at radius 3 is 2.33 bits per heavy atom. The lowest BCUT2D eigenvalue weighted by atomic mass is 9.92. The third kappa shape index (κ3) is 7.26. The number of halogens is 3. The molecule has 0 bridgehead atoms. The monoisotopic (exact) mass is 580 g/mol. The van der Waals surface area contributed by atoms with Gasteiger partial charge in [0.25, 0.3) is 5.91 Å². The smallest absolute Gasteiger partial charge is 0.251 e. The fourth-order valence-corrected chi connectivity index (χ4v) is 5.11. The fraction of sp³-hybridized carbons (Fsp3) is 0.364. The van der Waals surface area contributed by atoms with Crippen LogP contribution in [0.25, 0.3) is 5.57 Å². The number of hydrogen-bond donors (Lipinski definition) is 1. The second kappa shape index (κ2) is 13.8. The summed E-state index contributed by atoms with van der Waals surface area (Å²) >= 11 is 0. The molecule has 1 N–H and O–H groups in total. The van der Waals surface area contributed by atoms with Gasteiger partial charge in [0.1, 0.15) is 18.1 Å². The van der Waals surface area contributed by atoms with Gasteiger partial charge in [-0.15, -0.1) is 0 Å². The first-order chi connectivity index (χ1) is 20.4. The largest absolute Gasteiger partial charge is 0.497 e. The number of amides is 1. The summed E-state index contributed by atoms with van der Waals surface area (Å²) in [6.07, 6.45) is 3.87. The van der Waals surface area contributed by atoms with Gasteiger partial charge in [-0.3, -0.25) is 4.79 Å². The number of aryl methyl sites for hydroxylation is 1. The van der Waals surface area contributed by atoms with Crippen molar-refractivity contribution in [3.63, 3.8) is 0 Å². The minimum atomic E-state index is -1.31. The van der Waals surface area contributed by atoms with E-state index >= 15 is 0 Å². The van der Waals surface area contributed by atoms with Gasteiger partial charge < -0.3 is 24.4 Å². The summed E-state index contributed by atoms with van der Waals surface area (Å²) in [5.41, 5.74) is 3.87. The van der Waals surface area contributed by atoms with Crippen molar-refractivity contribution >= 4 is 11.5 Å². The SMILES string of the molecule is COc1ccc(OCCN(C(=O)C2=C(c3ccc(CCCOc4c(F)ccc(F)c4F)cc3)CCNC2)C2CC2)cc1. The van der Waals surface area contributed by atoms with E-state index in [1.807, 2.05) is 53.4 Å². The van der Waals surface area contributed by atoms with E-state index in [0.717, 1.165) is 71.7 Å². The topological polar surface area (TPSA) is 60.0 Å². The van der Waals surface area contributed by atoms with Gasteiger partial charge in [0.05, 0.1) is 20.3 Å². The highest BCUT2D eigenvalue weighted by atomic mass is 19.2. The van der Waals surface area contributed by atoms with Gasteiger partial charge in [-0.25, -0.2) is 8.78 Å². The summed E-state index contributed by atoms with van der Waals surface area (Å²) in [6.45, 7) is 2.28. The van der Waals surface area contributed by atoms with Crippen LogP contribution in [0.4, 0.5) is 13.2 Å². The Hall–Kier alpha value is -3.98. The van der Waals surface area contributed by atoms with Gasteiger partial charge in [0.15, 0.2) is 17.4 Å². The zero-order valence-electron chi connectivity index (χ0n) is 23.6. The van der Waals surface area contributed by atoms with Crippen LogP contribution in [-0.2, 0) is 11.2 Å². The molecule has 6 nitrogen and oxygen atoms in total. The molecule has 3 aromatic rings. The molecule has 2 aliphatic rings. The number of carbonyl (C=O) groups is 1. The van der Waals surface area contributed by atoms with Gasteiger partial charge in [-0.2, -0.15) is 4.39 Å². The van der Waals surface area contributed by atoms with Crippen LogP contribution in [-0.4, -0.2) is 56.8 Å². The maximum atomic E-state index is 13.8. The number of hydrogen-bond acceptors (Lipinski definition) is 5. The average Bonchev–Trinajstić information content (AvgIpc) is 3.87. The summed E-state index contributed by atoms with van der Waals surface area (Å²) in [4.78, 5) is 15.7. The molecule has 0 radical (unpaired) electrons. The van der Waals surface area contributed by atoms with E-state index < -0.39 is 23.2 Å². The maximum Gasteiger partial charge on any atom is 0.251 e. The summed E-state index contributed by atoms with van der Waals surface area (Å²) in [6, 6.07) is 17.3. The molecule has 1 aliphatic carbocycles. The lowest BCUT2D eigenvalue weighted by Crippen LogP contribution is -2.41. The van der Waals surface area contributed by atoms with E-state index in [1.165, 1.54) is 0 Å². The van der Waals surface area contributed by atoms with Gasteiger partial charge in [0.2, 0.25) is 5.82 Å². The van der Waals surface area contributed by atoms with Crippen molar-refractivity contribution < 1.29 is 32.2 Å². The number of nitrogens with zero attached hydrogens (tertiary/aromatic N) is 1. The molecule has 1 fully saturated rings. The quantitative estimate of drug-likeness (QED) is 0.200. The molecule has 0 saturated heterocycles. The van der Waals surface area contributed by atoms with Crippen molar-refractivity contribution in [1.29, 1.82) is 0 Å². The molecule has 1 heterocycles. The summed E-state index contributed by atoms with van der Waals surface area (Å²) < 4.78 is 57.2. The van der Waals surface area contributed by atoms with Crippen LogP contribution < -0.4 is 19.5 Å². The number of benzene rings is 3. The van der Waals surface area contributed by atoms with Crippen molar-refractivity contribution in [2.75, 3.05) is 40.0 Å². The predicted octanol–water partition coefficient (Wildman–Crippen LogP) is 5.94. The van der Waals surface area contributed by atoms with E-state index in [1.54, 1.807) is 7.11 Å². The minimum Gasteiger partial charge on any atom is -0.497 e. The third-order valence-electron chi connectivity index (χ3n) is 7.55. The predicted molar refractivity (Wildman–Crippen MR) is 154 cm³/mol. The molecule has 0 unspecified atom stereocenters. The molecule has 0 spiro atoms. The minimum absolute atomic E-state index is 0.0493. The zero-order valence-corrected chi connectivity index (χ0v) is 23.6. The average molecular weight is 581 g/mol. The summed E-state index contributed by atoms with van der Waals surface area (Å²) in [5, 5.41) is 3.35. The highest BCUT2D eigenvalue weighted by molar-refractivity contribution is 6.02. The lowest BCUT2D eigenvalue weighted by Gasteiger charge is -2.28. The first-order valence-electron chi connectivity index (χ1n) is 14.3. The Morgan fingerprint density at radius 1 is 0.905 bits per heavy atom. The van der Waals surface area contributed by atoms with E-state index in [0.29, 0.717) is 32.5 Å².